The van der Waals surface area contributed by atoms with Gasteiger partial charge in [-0.1, -0.05) is 30.1 Å². The van der Waals surface area contributed by atoms with Crippen LogP contribution in [0.3, 0.4) is 0 Å². The van der Waals surface area contributed by atoms with Gasteiger partial charge in [-0.05, 0) is 55.2 Å². The van der Waals surface area contributed by atoms with Crippen LogP contribution in [0.1, 0.15) is 30.1 Å². The van der Waals surface area contributed by atoms with Gasteiger partial charge < -0.3 is 5.32 Å². The third kappa shape index (κ3) is 4.66. The molecule has 3 rings (SSSR count). The van der Waals surface area contributed by atoms with E-state index in [0.29, 0.717) is 34.7 Å². The van der Waals surface area contributed by atoms with E-state index in [1.54, 1.807) is 0 Å². The number of benzene rings is 2. The SMILES string of the molecule is CC1CCN(S(=O)(=O)c2cc(C(=O)Nc3cc(Cl)cc(Cl)c3)ccc2F)CC1. The largest absolute Gasteiger partial charge is 0.322 e. The molecule has 0 spiro atoms. The first-order valence-corrected chi connectivity index (χ1v) is 10.9. The first-order chi connectivity index (χ1) is 13.2. The van der Waals surface area contributed by atoms with Crippen LogP contribution in [-0.4, -0.2) is 31.7 Å². The molecule has 9 heteroatoms. The van der Waals surface area contributed by atoms with Crippen LogP contribution in [0.15, 0.2) is 41.3 Å². The third-order valence-electron chi connectivity index (χ3n) is 4.67. The molecule has 1 saturated heterocycles. The Bertz CT molecular complexity index is 986. The Morgan fingerprint density at radius 2 is 1.71 bits per heavy atom. The van der Waals surface area contributed by atoms with Crippen molar-refractivity contribution in [2.75, 3.05) is 18.4 Å². The van der Waals surface area contributed by atoms with Gasteiger partial charge in [0.05, 0.1) is 0 Å². The number of nitrogens with one attached hydrogen (secondary N) is 1. The minimum atomic E-state index is -4.02. The van der Waals surface area contributed by atoms with Crippen LogP contribution in [0.2, 0.25) is 10.0 Å². The van der Waals surface area contributed by atoms with Gasteiger partial charge in [-0.25, -0.2) is 12.8 Å². The highest BCUT2D eigenvalue weighted by Crippen LogP contribution is 2.27. The van der Waals surface area contributed by atoms with Crippen molar-refractivity contribution in [3.63, 3.8) is 0 Å². The average Bonchev–Trinajstić information content (AvgIpc) is 2.61. The van der Waals surface area contributed by atoms with Crippen LogP contribution >= 0.6 is 23.2 Å². The first kappa shape index (κ1) is 21.0. The smallest absolute Gasteiger partial charge is 0.255 e. The van der Waals surface area contributed by atoms with E-state index in [0.717, 1.165) is 25.0 Å². The van der Waals surface area contributed by atoms with Gasteiger partial charge in [-0.3, -0.25) is 4.79 Å². The summed E-state index contributed by atoms with van der Waals surface area (Å²) in [5.41, 5.74) is 0.364. The zero-order valence-electron chi connectivity index (χ0n) is 15.1. The number of piperidine rings is 1. The fraction of sp³-hybridized carbons (Fsp3) is 0.316. The van der Waals surface area contributed by atoms with E-state index in [2.05, 4.69) is 12.2 Å². The molecule has 0 unspecified atom stereocenters. The first-order valence-electron chi connectivity index (χ1n) is 8.74. The van der Waals surface area contributed by atoms with Crippen LogP contribution in [0.4, 0.5) is 10.1 Å². The molecule has 0 radical (unpaired) electrons. The van der Waals surface area contributed by atoms with Crippen molar-refractivity contribution >= 4 is 44.8 Å². The topological polar surface area (TPSA) is 66.5 Å². The Morgan fingerprint density at radius 1 is 1.11 bits per heavy atom. The highest BCUT2D eigenvalue weighted by Gasteiger charge is 2.31. The average molecular weight is 445 g/mol. The molecule has 28 heavy (non-hydrogen) atoms. The van der Waals surface area contributed by atoms with Crippen LogP contribution in [0, 0.1) is 11.7 Å². The molecule has 0 bridgehead atoms. The molecule has 1 amide bonds. The number of hydrogen-bond acceptors (Lipinski definition) is 3. The second-order valence-electron chi connectivity index (χ2n) is 6.84. The van der Waals surface area contributed by atoms with Gasteiger partial charge >= 0.3 is 0 Å². The van der Waals surface area contributed by atoms with Crippen molar-refractivity contribution in [2.45, 2.75) is 24.7 Å². The molecule has 1 heterocycles. The zero-order chi connectivity index (χ0) is 20.5. The number of rotatable bonds is 4. The summed E-state index contributed by atoms with van der Waals surface area (Å²) in [7, 11) is -4.02. The molecule has 0 aliphatic carbocycles. The number of sulfonamides is 1. The Morgan fingerprint density at radius 3 is 2.32 bits per heavy atom. The second-order valence-corrected chi connectivity index (χ2v) is 9.62. The molecule has 0 saturated carbocycles. The number of anilines is 1. The molecule has 1 aliphatic rings. The predicted octanol–water partition coefficient (Wildman–Crippen LogP) is 4.81. The lowest BCUT2D eigenvalue weighted by atomic mass is 10.0. The highest BCUT2D eigenvalue weighted by molar-refractivity contribution is 7.89. The van der Waals surface area contributed by atoms with Crippen molar-refractivity contribution in [1.82, 2.24) is 4.31 Å². The van der Waals surface area contributed by atoms with Crippen molar-refractivity contribution < 1.29 is 17.6 Å². The summed E-state index contributed by atoms with van der Waals surface area (Å²) in [5, 5.41) is 3.26. The number of amides is 1. The maximum atomic E-state index is 14.3. The van der Waals surface area contributed by atoms with Gasteiger partial charge in [0, 0.05) is 34.4 Å². The molecule has 150 valence electrons. The quantitative estimate of drug-likeness (QED) is 0.735. The summed E-state index contributed by atoms with van der Waals surface area (Å²) in [5.74, 6) is -1.05. The van der Waals surface area contributed by atoms with Gasteiger partial charge in [-0.2, -0.15) is 4.31 Å². The summed E-state index contributed by atoms with van der Waals surface area (Å²) in [4.78, 5) is 12.0. The van der Waals surface area contributed by atoms with Crippen LogP contribution in [-0.2, 0) is 10.0 Å². The van der Waals surface area contributed by atoms with Crippen molar-refractivity contribution in [2.24, 2.45) is 5.92 Å². The van der Waals surface area contributed by atoms with Gasteiger partial charge in [0.25, 0.3) is 5.91 Å². The van der Waals surface area contributed by atoms with Gasteiger partial charge in [-0.15, -0.1) is 0 Å². The molecule has 2 aromatic rings. The summed E-state index contributed by atoms with van der Waals surface area (Å²) >= 11 is 11.8. The van der Waals surface area contributed by atoms with E-state index in [-0.39, 0.29) is 5.56 Å². The molecule has 0 aromatic heterocycles. The van der Waals surface area contributed by atoms with E-state index in [1.807, 2.05) is 0 Å². The van der Waals surface area contributed by atoms with Crippen molar-refractivity contribution in [3.8, 4) is 0 Å². The van der Waals surface area contributed by atoms with Crippen molar-refractivity contribution in [3.05, 3.63) is 57.8 Å². The van der Waals surface area contributed by atoms with Gasteiger partial charge in [0.15, 0.2) is 0 Å². The Kier molecular flexibility index (Phi) is 6.29. The summed E-state index contributed by atoms with van der Waals surface area (Å²) < 4.78 is 41.3. The minimum absolute atomic E-state index is 0.0152. The lowest BCUT2D eigenvalue weighted by molar-refractivity contribution is 0.102. The molecule has 1 N–H and O–H groups in total. The molecule has 5 nitrogen and oxygen atoms in total. The maximum absolute atomic E-state index is 14.3. The molecular formula is C19H19Cl2FN2O3S. The molecule has 1 fully saturated rings. The maximum Gasteiger partial charge on any atom is 0.255 e. The van der Waals surface area contributed by atoms with Gasteiger partial charge in [0.2, 0.25) is 10.0 Å². The summed E-state index contributed by atoms with van der Waals surface area (Å²) in [6.07, 6.45) is 1.44. The lowest BCUT2D eigenvalue weighted by Gasteiger charge is -2.29. The van der Waals surface area contributed by atoms with E-state index >= 15 is 0 Å². The zero-order valence-corrected chi connectivity index (χ0v) is 17.4. The molecule has 1 aliphatic heterocycles. The fourth-order valence-electron chi connectivity index (χ4n) is 3.04. The Hall–Kier alpha value is -1.67. The molecule has 2 aromatic carbocycles. The normalized spacial score (nSPS) is 16.1. The molecule has 0 atom stereocenters. The van der Waals surface area contributed by atoms with E-state index in [4.69, 9.17) is 23.2 Å². The van der Waals surface area contributed by atoms with Crippen LogP contribution in [0.5, 0.6) is 0 Å². The number of carbonyl (C=O) groups is 1. The Balaban J connectivity index is 1.87. The van der Waals surface area contributed by atoms with Crippen LogP contribution < -0.4 is 5.32 Å². The Labute approximate surface area is 173 Å². The number of nitrogens with zero attached hydrogens (tertiary/aromatic N) is 1. The summed E-state index contributed by atoms with van der Waals surface area (Å²) in [6.45, 7) is 2.72. The minimum Gasteiger partial charge on any atom is -0.322 e. The fourth-order valence-corrected chi connectivity index (χ4v) is 5.12. The van der Waals surface area contributed by atoms with E-state index in [1.165, 1.54) is 28.6 Å². The molecular weight excluding hydrogens is 426 g/mol. The number of hydrogen-bond donors (Lipinski definition) is 1. The highest BCUT2D eigenvalue weighted by atomic mass is 35.5. The standard InChI is InChI=1S/C19H19Cl2FN2O3S/c1-12-4-6-24(7-5-12)28(26,27)18-8-13(2-3-17(18)22)19(25)23-16-10-14(20)9-15(21)11-16/h2-3,8-12H,4-7H2,1H3,(H,23,25). The van der Waals surface area contributed by atoms with E-state index in [9.17, 15) is 17.6 Å². The van der Waals surface area contributed by atoms with Crippen LogP contribution in [0.25, 0.3) is 0 Å². The number of halogens is 3. The second kappa shape index (κ2) is 8.37. The predicted molar refractivity (Wildman–Crippen MR) is 108 cm³/mol. The third-order valence-corrected chi connectivity index (χ3v) is 7.02. The number of carbonyl (C=O) groups excluding carboxylic acids is 1. The monoisotopic (exact) mass is 444 g/mol. The van der Waals surface area contributed by atoms with E-state index < -0.39 is 26.6 Å². The van der Waals surface area contributed by atoms with Crippen molar-refractivity contribution in [1.29, 1.82) is 0 Å². The van der Waals surface area contributed by atoms with Gasteiger partial charge in [0.1, 0.15) is 10.7 Å². The lowest BCUT2D eigenvalue weighted by Crippen LogP contribution is -2.38. The summed E-state index contributed by atoms with van der Waals surface area (Å²) in [6, 6.07) is 7.79.